The van der Waals surface area contributed by atoms with Crippen LogP contribution in [0.15, 0.2) is 76.6 Å². The predicted octanol–water partition coefficient (Wildman–Crippen LogP) is 4.35. The molecule has 2 aromatic carbocycles. The Balaban J connectivity index is 1.58. The first-order valence-corrected chi connectivity index (χ1v) is 11.3. The maximum absolute atomic E-state index is 12.9. The van der Waals surface area contributed by atoms with E-state index in [-0.39, 0.29) is 5.91 Å². The van der Waals surface area contributed by atoms with Crippen molar-refractivity contribution in [3.05, 3.63) is 94.0 Å². The van der Waals surface area contributed by atoms with Crippen LogP contribution in [-0.4, -0.2) is 30.9 Å². The van der Waals surface area contributed by atoms with Crippen molar-refractivity contribution >= 4 is 33.6 Å². The zero-order valence-corrected chi connectivity index (χ0v) is 19.1. The van der Waals surface area contributed by atoms with E-state index < -0.39 is 0 Å². The van der Waals surface area contributed by atoms with Crippen molar-refractivity contribution in [3.8, 4) is 5.69 Å². The summed E-state index contributed by atoms with van der Waals surface area (Å²) in [6.45, 7) is 2.45. The van der Waals surface area contributed by atoms with Crippen LogP contribution < -0.4 is 5.32 Å². The van der Waals surface area contributed by atoms with Gasteiger partial charge in [-0.05, 0) is 42.8 Å². The number of benzene rings is 2. The predicted molar refractivity (Wildman–Crippen MR) is 123 cm³/mol. The number of nitrogens with zero attached hydrogens (tertiary/aromatic N) is 5. The number of carbonyl (C=O) groups excluding carboxylic acids is 1. The topological polar surface area (TPSA) is 85.6 Å². The van der Waals surface area contributed by atoms with Gasteiger partial charge in [0, 0.05) is 29.2 Å². The summed E-state index contributed by atoms with van der Waals surface area (Å²) < 4.78 is 2.64. The first kappa shape index (κ1) is 21.2. The number of carbonyl (C=O) groups is 1. The summed E-state index contributed by atoms with van der Waals surface area (Å²) in [4.78, 5) is 21.4. The van der Waals surface area contributed by atoms with Crippen LogP contribution in [0.2, 0.25) is 0 Å². The van der Waals surface area contributed by atoms with Crippen molar-refractivity contribution in [2.45, 2.75) is 24.4 Å². The lowest BCUT2D eigenvalue weighted by Crippen LogP contribution is -2.24. The van der Waals surface area contributed by atoms with Crippen LogP contribution in [0.4, 0.5) is 0 Å². The van der Waals surface area contributed by atoms with E-state index in [1.807, 2.05) is 55.5 Å². The minimum Gasteiger partial charge on any atom is -0.347 e. The number of hydrogen-bond acceptors (Lipinski definition) is 6. The summed E-state index contributed by atoms with van der Waals surface area (Å²) >= 11 is 4.87. The van der Waals surface area contributed by atoms with Crippen molar-refractivity contribution < 1.29 is 4.79 Å². The highest BCUT2D eigenvalue weighted by Crippen LogP contribution is 2.23. The summed E-state index contributed by atoms with van der Waals surface area (Å²) in [5.41, 5.74) is 3.99. The molecule has 2 heterocycles. The number of hydrogen-bond donors (Lipinski definition) is 1. The fourth-order valence-corrected chi connectivity index (χ4v) is 3.92. The second-order valence-electron chi connectivity index (χ2n) is 6.76. The number of halogens is 1. The van der Waals surface area contributed by atoms with Crippen LogP contribution in [0.1, 0.15) is 27.3 Å². The zero-order valence-electron chi connectivity index (χ0n) is 16.7. The Morgan fingerprint density at radius 1 is 1.06 bits per heavy atom. The fourth-order valence-electron chi connectivity index (χ4n) is 2.86. The standard InChI is InChI=1S/C22H19BrN6OS/c1-15-3-5-16(6-4-15)13-26-21(30)20-19(14-31-22-24-11-2-12-25-22)29(28-27-20)18-9-7-17(23)8-10-18/h2-12H,13-14H2,1H3,(H,26,30). The van der Waals surface area contributed by atoms with Crippen molar-refractivity contribution in [3.63, 3.8) is 0 Å². The summed E-state index contributed by atoms with van der Waals surface area (Å²) in [7, 11) is 0. The molecule has 0 bridgehead atoms. The minimum atomic E-state index is -0.270. The molecule has 0 saturated heterocycles. The van der Waals surface area contributed by atoms with E-state index in [0.29, 0.717) is 28.8 Å². The SMILES string of the molecule is Cc1ccc(CNC(=O)c2nnn(-c3ccc(Br)cc3)c2CSc2ncccn2)cc1. The van der Waals surface area contributed by atoms with Gasteiger partial charge < -0.3 is 5.32 Å². The van der Waals surface area contributed by atoms with Crippen molar-refractivity contribution in [2.24, 2.45) is 0 Å². The van der Waals surface area contributed by atoms with Crippen LogP contribution in [0, 0.1) is 6.92 Å². The maximum Gasteiger partial charge on any atom is 0.274 e. The highest BCUT2D eigenvalue weighted by atomic mass is 79.9. The van der Waals surface area contributed by atoms with Gasteiger partial charge >= 0.3 is 0 Å². The molecule has 4 aromatic rings. The first-order chi connectivity index (χ1) is 15.1. The van der Waals surface area contributed by atoms with Gasteiger partial charge in [0.2, 0.25) is 0 Å². The number of amides is 1. The van der Waals surface area contributed by atoms with E-state index in [1.54, 1.807) is 23.1 Å². The van der Waals surface area contributed by atoms with Crippen LogP contribution >= 0.6 is 27.7 Å². The van der Waals surface area contributed by atoms with E-state index in [1.165, 1.54) is 17.3 Å². The molecule has 4 rings (SSSR count). The Kier molecular flexibility index (Phi) is 6.73. The molecular weight excluding hydrogens is 476 g/mol. The molecule has 0 aliphatic carbocycles. The fraction of sp³-hybridized carbons (Fsp3) is 0.136. The van der Waals surface area contributed by atoms with E-state index >= 15 is 0 Å². The summed E-state index contributed by atoms with van der Waals surface area (Å²) in [6, 6.07) is 17.5. The van der Waals surface area contributed by atoms with E-state index in [2.05, 4.69) is 41.5 Å². The van der Waals surface area contributed by atoms with Gasteiger partial charge in [0.25, 0.3) is 5.91 Å². The van der Waals surface area contributed by atoms with Crippen molar-refractivity contribution in [2.75, 3.05) is 0 Å². The Morgan fingerprint density at radius 3 is 2.48 bits per heavy atom. The molecule has 0 fully saturated rings. The van der Waals surface area contributed by atoms with Gasteiger partial charge in [0.05, 0.1) is 11.4 Å². The third-order valence-electron chi connectivity index (χ3n) is 4.50. The molecule has 2 aromatic heterocycles. The lowest BCUT2D eigenvalue weighted by Gasteiger charge is -2.09. The van der Waals surface area contributed by atoms with Crippen molar-refractivity contribution in [1.29, 1.82) is 0 Å². The Hall–Kier alpha value is -3.04. The molecule has 31 heavy (non-hydrogen) atoms. The van der Waals surface area contributed by atoms with Gasteiger partial charge in [-0.25, -0.2) is 14.6 Å². The Morgan fingerprint density at radius 2 is 1.77 bits per heavy atom. The summed E-state index contributed by atoms with van der Waals surface area (Å²) in [6.07, 6.45) is 3.38. The third kappa shape index (κ3) is 5.36. The molecule has 0 aliphatic heterocycles. The third-order valence-corrected chi connectivity index (χ3v) is 5.92. The highest BCUT2D eigenvalue weighted by Gasteiger charge is 2.21. The summed E-state index contributed by atoms with van der Waals surface area (Å²) in [5.74, 6) is 0.175. The molecule has 0 radical (unpaired) electrons. The second kappa shape index (κ2) is 9.84. The van der Waals surface area contributed by atoms with Crippen LogP contribution in [0.25, 0.3) is 5.69 Å². The number of aromatic nitrogens is 5. The number of nitrogens with one attached hydrogen (secondary N) is 1. The number of rotatable bonds is 7. The average molecular weight is 495 g/mol. The number of aryl methyl sites for hydroxylation is 1. The molecule has 0 atom stereocenters. The average Bonchev–Trinajstić information content (AvgIpc) is 3.22. The van der Waals surface area contributed by atoms with Gasteiger partial charge in [0.15, 0.2) is 10.9 Å². The molecule has 7 nitrogen and oxygen atoms in total. The Bertz CT molecular complexity index is 1160. The smallest absolute Gasteiger partial charge is 0.274 e. The molecule has 0 saturated carbocycles. The van der Waals surface area contributed by atoms with E-state index in [9.17, 15) is 4.79 Å². The molecule has 0 spiro atoms. The van der Waals surface area contributed by atoms with Gasteiger partial charge in [-0.3, -0.25) is 4.79 Å². The molecule has 1 amide bonds. The van der Waals surface area contributed by atoms with Crippen LogP contribution in [0.3, 0.4) is 0 Å². The van der Waals surface area contributed by atoms with Gasteiger partial charge in [-0.1, -0.05) is 62.7 Å². The highest BCUT2D eigenvalue weighted by molar-refractivity contribution is 9.10. The van der Waals surface area contributed by atoms with Crippen LogP contribution in [0.5, 0.6) is 0 Å². The molecule has 1 N–H and O–H groups in total. The molecular formula is C22H19BrN6OS. The summed E-state index contributed by atoms with van der Waals surface area (Å²) in [5, 5.41) is 12.0. The van der Waals surface area contributed by atoms with Gasteiger partial charge in [-0.15, -0.1) is 5.10 Å². The van der Waals surface area contributed by atoms with Gasteiger partial charge in [-0.2, -0.15) is 0 Å². The maximum atomic E-state index is 12.9. The lowest BCUT2D eigenvalue weighted by atomic mass is 10.1. The first-order valence-electron chi connectivity index (χ1n) is 9.54. The second-order valence-corrected chi connectivity index (χ2v) is 8.62. The normalized spacial score (nSPS) is 10.8. The zero-order chi connectivity index (χ0) is 21.6. The van der Waals surface area contributed by atoms with Gasteiger partial charge in [0.1, 0.15) is 0 Å². The number of thioether (sulfide) groups is 1. The van der Waals surface area contributed by atoms with E-state index in [4.69, 9.17) is 0 Å². The molecule has 0 unspecified atom stereocenters. The molecule has 9 heteroatoms. The monoisotopic (exact) mass is 494 g/mol. The molecule has 0 aliphatic rings. The van der Waals surface area contributed by atoms with Crippen molar-refractivity contribution in [1.82, 2.24) is 30.3 Å². The Labute approximate surface area is 192 Å². The van der Waals surface area contributed by atoms with Crippen LogP contribution in [-0.2, 0) is 12.3 Å². The molecule has 156 valence electrons. The van der Waals surface area contributed by atoms with E-state index in [0.717, 1.165) is 15.7 Å². The largest absolute Gasteiger partial charge is 0.347 e. The minimum absolute atomic E-state index is 0.270. The quantitative estimate of drug-likeness (QED) is 0.303. The lowest BCUT2D eigenvalue weighted by molar-refractivity contribution is 0.0945.